The number of carbonyl (C=O) groups is 2. The summed E-state index contributed by atoms with van der Waals surface area (Å²) >= 11 is 0. The van der Waals surface area contributed by atoms with Crippen LogP contribution in [0.25, 0.3) is 0 Å². The van der Waals surface area contributed by atoms with Gasteiger partial charge in [0.25, 0.3) is 0 Å². The topological polar surface area (TPSA) is 67.4 Å². The van der Waals surface area contributed by atoms with Crippen LogP contribution in [0.2, 0.25) is 0 Å². The van der Waals surface area contributed by atoms with Crippen molar-refractivity contribution in [3.05, 3.63) is 60.2 Å². The molecule has 0 saturated heterocycles. The van der Waals surface area contributed by atoms with Gasteiger partial charge in [0.1, 0.15) is 5.75 Å². The lowest BCUT2D eigenvalue weighted by molar-refractivity contribution is -0.136. The highest BCUT2D eigenvalue weighted by Gasteiger charge is 2.15. The molecule has 0 atom stereocenters. The van der Waals surface area contributed by atoms with E-state index in [2.05, 4.69) is 10.6 Å². The van der Waals surface area contributed by atoms with Crippen LogP contribution in [0.1, 0.15) is 19.4 Å². The number of carbonyl (C=O) groups excluding carboxylic acids is 2. The van der Waals surface area contributed by atoms with E-state index < -0.39 is 11.8 Å². The third-order valence-electron chi connectivity index (χ3n) is 3.25. The van der Waals surface area contributed by atoms with Gasteiger partial charge in [-0.15, -0.1) is 0 Å². The SMILES string of the molecule is CC(C)Oc1ccccc1NC(=O)C(=O)NCCc1ccccc1. The summed E-state index contributed by atoms with van der Waals surface area (Å²) in [4.78, 5) is 23.9. The van der Waals surface area contributed by atoms with Gasteiger partial charge in [-0.1, -0.05) is 42.5 Å². The standard InChI is InChI=1S/C19H22N2O3/c1-14(2)24-17-11-7-6-10-16(17)21-19(23)18(22)20-13-12-15-8-4-3-5-9-15/h3-11,14H,12-13H2,1-2H3,(H,20,22)(H,21,23). The highest BCUT2D eigenvalue weighted by atomic mass is 16.5. The summed E-state index contributed by atoms with van der Waals surface area (Å²) in [7, 11) is 0. The lowest BCUT2D eigenvalue weighted by Crippen LogP contribution is -2.36. The summed E-state index contributed by atoms with van der Waals surface area (Å²) in [6.07, 6.45) is 0.648. The van der Waals surface area contributed by atoms with E-state index in [9.17, 15) is 9.59 Å². The van der Waals surface area contributed by atoms with Gasteiger partial charge in [0, 0.05) is 6.54 Å². The Labute approximate surface area is 142 Å². The van der Waals surface area contributed by atoms with Crippen molar-refractivity contribution in [1.82, 2.24) is 5.32 Å². The van der Waals surface area contributed by atoms with Crippen LogP contribution in [0, 0.1) is 0 Å². The molecule has 2 aromatic carbocycles. The number of para-hydroxylation sites is 2. The zero-order valence-electron chi connectivity index (χ0n) is 13.9. The number of ether oxygens (including phenoxy) is 1. The van der Waals surface area contributed by atoms with Crippen LogP contribution in [-0.2, 0) is 16.0 Å². The van der Waals surface area contributed by atoms with E-state index in [1.165, 1.54) is 0 Å². The predicted molar refractivity (Wildman–Crippen MR) is 94.0 cm³/mol. The Hall–Kier alpha value is -2.82. The summed E-state index contributed by atoms with van der Waals surface area (Å²) in [5.41, 5.74) is 1.59. The zero-order valence-corrected chi connectivity index (χ0v) is 13.9. The number of amides is 2. The third-order valence-corrected chi connectivity index (χ3v) is 3.25. The van der Waals surface area contributed by atoms with Gasteiger partial charge in [-0.25, -0.2) is 0 Å². The fourth-order valence-corrected chi connectivity index (χ4v) is 2.15. The minimum absolute atomic E-state index is 0.0252. The molecule has 0 aliphatic rings. The van der Waals surface area contributed by atoms with E-state index in [0.717, 1.165) is 5.56 Å². The maximum absolute atomic E-state index is 12.0. The first-order valence-electron chi connectivity index (χ1n) is 7.95. The van der Waals surface area contributed by atoms with Gasteiger partial charge < -0.3 is 15.4 Å². The lowest BCUT2D eigenvalue weighted by atomic mass is 10.1. The first-order valence-corrected chi connectivity index (χ1v) is 7.95. The highest BCUT2D eigenvalue weighted by molar-refractivity contribution is 6.39. The molecule has 2 aromatic rings. The van der Waals surface area contributed by atoms with E-state index in [4.69, 9.17) is 4.74 Å². The van der Waals surface area contributed by atoms with Crippen molar-refractivity contribution in [2.45, 2.75) is 26.4 Å². The average molecular weight is 326 g/mol. The number of rotatable bonds is 6. The van der Waals surface area contributed by atoms with Crippen LogP contribution in [0.15, 0.2) is 54.6 Å². The Bertz CT molecular complexity index is 684. The second-order valence-electron chi connectivity index (χ2n) is 5.61. The number of benzene rings is 2. The van der Waals surface area contributed by atoms with Crippen molar-refractivity contribution in [1.29, 1.82) is 0 Å². The van der Waals surface area contributed by atoms with Crippen molar-refractivity contribution in [2.75, 3.05) is 11.9 Å². The highest BCUT2D eigenvalue weighted by Crippen LogP contribution is 2.24. The first kappa shape index (κ1) is 17.5. The molecule has 5 heteroatoms. The van der Waals surface area contributed by atoms with Gasteiger partial charge in [0.05, 0.1) is 11.8 Å². The average Bonchev–Trinajstić information content (AvgIpc) is 2.57. The van der Waals surface area contributed by atoms with Gasteiger partial charge in [-0.05, 0) is 38.0 Å². The predicted octanol–water partition coefficient (Wildman–Crippen LogP) is 2.77. The molecule has 0 unspecified atom stereocenters. The third kappa shape index (κ3) is 5.43. The van der Waals surface area contributed by atoms with E-state index in [-0.39, 0.29) is 6.10 Å². The Morgan fingerprint density at radius 2 is 1.62 bits per heavy atom. The first-order chi connectivity index (χ1) is 11.6. The number of anilines is 1. The maximum Gasteiger partial charge on any atom is 0.313 e. The van der Waals surface area contributed by atoms with Crippen LogP contribution in [0.5, 0.6) is 5.75 Å². The van der Waals surface area contributed by atoms with Crippen LogP contribution in [0.3, 0.4) is 0 Å². The molecular weight excluding hydrogens is 304 g/mol. The van der Waals surface area contributed by atoms with E-state index in [1.54, 1.807) is 18.2 Å². The van der Waals surface area contributed by atoms with E-state index >= 15 is 0 Å². The molecule has 2 amide bonds. The van der Waals surface area contributed by atoms with Crippen molar-refractivity contribution < 1.29 is 14.3 Å². The molecule has 0 saturated carbocycles. The minimum atomic E-state index is -0.706. The Kier molecular flexibility index (Phi) is 6.37. The normalized spacial score (nSPS) is 10.3. The number of hydrogen-bond donors (Lipinski definition) is 2. The van der Waals surface area contributed by atoms with E-state index in [1.807, 2.05) is 50.2 Å². The summed E-state index contributed by atoms with van der Waals surface area (Å²) < 4.78 is 5.62. The second kappa shape index (κ2) is 8.72. The fraction of sp³-hybridized carbons (Fsp3) is 0.263. The summed E-state index contributed by atoms with van der Waals surface area (Å²) in [5, 5.41) is 5.21. The molecular formula is C19H22N2O3. The molecule has 5 nitrogen and oxygen atoms in total. The Balaban J connectivity index is 1.86. The largest absolute Gasteiger partial charge is 0.489 e. The van der Waals surface area contributed by atoms with Crippen LogP contribution >= 0.6 is 0 Å². The molecule has 0 spiro atoms. The molecule has 2 rings (SSSR count). The van der Waals surface area contributed by atoms with Crippen molar-refractivity contribution >= 4 is 17.5 Å². The van der Waals surface area contributed by atoms with Gasteiger partial charge in [-0.3, -0.25) is 9.59 Å². The molecule has 0 fully saturated rings. The molecule has 0 aromatic heterocycles. The lowest BCUT2D eigenvalue weighted by Gasteiger charge is -2.14. The Morgan fingerprint density at radius 3 is 2.33 bits per heavy atom. The maximum atomic E-state index is 12.0. The molecule has 24 heavy (non-hydrogen) atoms. The molecule has 0 bridgehead atoms. The summed E-state index contributed by atoms with van der Waals surface area (Å²) in [6, 6.07) is 16.8. The molecule has 0 aliphatic heterocycles. The minimum Gasteiger partial charge on any atom is -0.489 e. The van der Waals surface area contributed by atoms with Crippen molar-refractivity contribution in [2.24, 2.45) is 0 Å². The summed E-state index contributed by atoms with van der Waals surface area (Å²) in [5.74, 6) is -0.828. The fourth-order valence-electron chi connectivity index (χ4n) is 2.15. The van der Waals surface area contributed by atoms with Gasteiger partial charge in [-0.2, -0.15) is 0 Å². The number of nitrogens with one attached hydrogen (secondary N) is 2. The van der Waals surface area contributed by atoms with Crippen LogP contribution in [-0.4, -0.2) is 24.5 Å². The smallest absolute Gasteiger partial charge is 0.313 e. The molecule has 2 N–H and O–H groups in total. The van der Waals surface area contributed by atoms with E-state index in [0.29, 0.717) is 24.4 Å². The molecule has 126 valence electrons. The quantitative estimate of drug-likeness (QED) is 0.802. The van der Waals surface area contributed by atoms with Crippen molar-refractivity contribution in [3.8, 4) is 5.75 Å². The molecule has 0 heterocycles. The van der Waals surface area contributed by atoms with Crippen LogP contribution < -0.4 is 15.4 Å². The summed E-state index contributed by atoms with van der Waals surface area (Å²) in [6.45, 7) is 4.20. The zero-order chi connectivity index (χ0) is 17.4. The number of hydrogen-bond acceptors (Lipinski definition) is 3. The van der Waals surface area contributed by atoms with Gasteiger partial charge in [0.15, 0.2) is 0 Å². The second-order valence-corrected chi connectivity index (χ2v) is 5.61. The Morgan fingerprint density at radius 1 is 0.958 bits per heavy atom. The van der Waals surface area contributed by atoms with Crippen LogP contribution in [0.4, 0.5) is 5.69 Å². The van der Waals surface area contributed by atoms with Gasteiger partial charge in [0.2, 0.25) is 0 Å². The van der Waals surface area contributed by atoms with Gasteiger partial charge >= 0.3 is 11.8 Å². The van der Waals surface area contributed by atoms with Crippen molar-refractivity contribution in [3.63, 3.8) is 0 Å². The monoisotopic (exact) mass is 326 g/mol. The molecule has 0 radical (unpaired) electrons. The molecule has 0 aliphatic carbocycles.